The van der Waals surface area contributed by atoms with Crippen LogP contribution in [0.25, 0.3) is 10.2 Å². The van der Waals surface area contributed by atoms with Crippen LogP contribution >= 0.6 is 23.7 Å². The number of fused-ring (bicyclic) bond motifs is 1. The lowest BCUT2D eigenvalue weighted by Crippen LogP contribution is -2.21. The maximum absolute atomic E-state index is 13.3. The first kappa shape index (κ1) is 18.8. The van der Waals surface area contributed by atoms with Crippen molar-refractivity contribution in [3.8, 4) is 5.88 Å². The van der Waals surface area contributed by atoms with Gasteiger partial charge in [0.05, 0.1) is 21.3 Å². The minimum atomic E-state index is -4.54. The third kappa shape index (κ3) is 3.57. The number of hydrogen-bond donors (Lipinski definition) is 2. The summed E-state index contributed by atoms with van der Waals surface area (Å²) in [7, 11) is 1.42. The van der Waals surface area contributed by atoms with Gasteiger partial charge in [0, 0.05) is 25.0 Å². The second-order valence-corrected chi connectivity index (χ2v) is 6.02. The molecule has 0 saturated carbocycles. The SMILES string of the molecule is CNC(=O)c1csc2c(C(F)(F)F)cc(OC3CCNC3)nc12.Cl. The number of hydrogen-bond acceptors (Lipinski definition) is 5. The number of alkyl halides is 3. The Morgan fingerprint density at radius 3 is 2.83 bits per heavy atom. The first-order valence-electron chi connectivity index (χ1n) is 6.99. The summed E-state index contributed by atoms with van der Waals surface area (Å²) in [5.41, 5.74) is -0.693. The molecule has 3 heterocycles. The summed E-state index contributed by atoms with van der Waals surface area (Å²) in [6.07, 6.45) is -4.06. The summed E-state index contributed by atoms with van der Waals surface area (Å²) in [4.78, 5) is 16.0. The average molecular weight is 382 g/mol. The van der Waals surface area contributed by atoms with Gasteiger partial charge in [-0.1, -0.05) is 0 Å². The average Bonchev–Trinajstić information content (AvgIpc) is 3.14. The number of nitrogens with one attached hydrogen (secondary N) is 2. The van der Waals surface area contributed by atoms with E-state index in [2.05, 4.69) is 15.6 Å². The van der Waals surface area contributed by atoms with E-state index in [-0.39, 0.29) is 40.2 Å². The molecule has 0 radical (unpaired) electrons. The van der Waals surface area contributed by atoms with E-state index in [1.165, 1.54) is 12.4 Å². The summed E-state index contributed by atoms with van der Waals surface area (Å²) >= 11 is 0.851. The van der Waals surface area contributed by atoms with Gasteiger partial charge in [0.15, 0.2) is 0 Å². The van der Waals surface area contributed by atoms with Gasteiger partial charge in [0.2, 0.25) is 5.88 Å². The van der Waals surface area contributed by atoms with Crippen LogP contribution in [0.2, 0.25) is 0 Å². The van der Waals surface area contributed by atoms with Crippen LogP contribution in [-0.2, 0) is 6.18 Å². The Labute approximate surface area is 146 Å². The van der Waals surface area contributed by atoms with Crippen molar-refractivity contribution in [2.75, 3.05) is 20.1 Å². The predicted molar refractivity (Wildman–Crippen MR) is 87.2 cm³/mol. The van der Waals surface area contributed by atoms with Crippen molar-refractivity contribution in [1.29, 1.82) is 0 Å². The molecular formula is C14H15ClF3N3O2S. The number of amides is 1. The second kappa shape index (κ2) is 7.12. The van der Waals surface area contributed by atoms with Crippen molar-refractivity contribution >= 4 is 39.9 Å². The first-order chi connectivity index (χ1) is 10.9. The predicted octanol–water partition coefficient (Wildman–Crippen LogP) is 2.84. The molecule has 0 aliphatic carbocycles. The van der Waals surface area contributed by atoms with Crippen molar-refractivity contribution in [2.24, 2.45) is 0 Å². The molecule has 0 spiro atoms. The number of aromatic nitrogens is 1. The third-order valence-corrected chi connectivity index (χ3v) is 4.58. The minimum absolute atomic E-state index is 0. The van der Waals surface area contributed by atoms with Crippen molar-refractivity contribution in [2.45, 2.75) is 18.7 Å². The van der Waals surface area contributed by atoms with Crippen molar-refractivity contribution in [3.63, 3.8) is 0 Å². The van der Waals surface area contributed by atoms with E-state index in [0.717, 1.165) is 23.9 Å². The van der Waals surface area contributed by atoms with Gasteiger partial charge in [0.25, 0.3) is 5.91 Å². The van der Waals surface area contributed by atoms with E-state index in [1.807, 2.05) is 0 Å². The minimum Gasteiger partial charge on any atom is -0.473 e. The maximum Gasteiger partial charge on any atom is 0.418 e. The van der Waals surface area contributed by atoms with Crippen molar-refractivity contribution in [1.82, 2.24) is 15.6 Å². The van der Waals surface area contributed by atoms with Crippen LogP contribution in [-0.4, -0.2) is 37.1 Å². The van der Waals surface area contributed by atoms with E-state index < -0.39 is 17.6 Å². The molecular weight excluding hydrogens is 367 g/mol. The number of ether oxygens (including phenoxy) is 1. The van der Waals surface area contributed by atoms with Crippen LogP contribution < -0.4 is 15.4 Å². The summed E-state index contributed by atoms with van der Waals surface area (Å²) in [6, 6.07) is 0.908. The number of halogens is 4. The van der Waals surface area contributed by atoms with Gasteiger partial charge in [-0.25, -0.2) is 4.98 Å². The van der Waals surface area contributed by atoms with Gasteiger partial charge in [-0.3, -0.25) is 4.79 Å². The van der Waals surface area contributed by atoms with Crippen LogP contribution in [0.3, 0.4) is 0 Å². The number of rotatable bonds is 3. The number of carbonyl (C=O) groups excluding carboxylic acids is 1. The molecule has 2 aromatic heterocycles. The largest absolute Gasteiger partial charge is 0.473 e. The zero-order chi connectivity index (χ0) is 16.6. The maximum atomic E-state index is 13.3. The van der Waals surface area contributed by atoms with Crippen LogP contribution in [0.15, 0.2) is 11.4 Å². The monoisotopic (exact) mass is 381 g/mol. The van der Waals surface area contributed by atoms with Gasteiger partial charge in [-0.15, -0.1) is 23.7 Å². The van der Waals surface area contributed by atoms with Crippen LogP contribution in [0.4, 0.5) is 13.2 Å². The smallest absolute Gasteiger partial charge is 0.418 e. The lowest BCUT2D eigenvalue weighted by molar-refractivity contribution is -0.136. The van der Waals surface area contributed by atoms with Crippen molar-refractivity contribution in [3.05, 3.63) is 22.6 Å². The van der Waals surface area contributed by atoms with Gasteiger partial charge < -0.3 is 15.4 Å². The molecule has 10 heteroatoms. The molecule has 1 aliphatic rings. The van der Waals surface area contributed by atoms with Crippen molar-refractivity contribution < 1.29 is 22.7 Å². The molecule has 2 aromatic rings. The highest BCUT2D eigenvalue weighted by atomic mass is 35.5. The van der Waals surface area contributed by atoms with E-state index in [4.69, 9.17) is 4.74 Å². The van der Waals surface area contributed by atoms with Gasteiger partial charge in [-0.05, 0) is 13.0 Å². The van der Waals surface area contributed by atoms with E-state index in [9.17, 15) is 18.0 Å². The highest BCUT2D eigenvalue weighted by Gasteiger charge is 2.35. The van der Waals surface area contributed by atoms with Gasteiger partial charge >= 0.3 is 6.18 Å². The van der Waals surface area contributed by atoms with Crippen LogP contribution in [0.1, 0.15) is 22.3 Å². The van der Waals surface area contributed by atoms with Gasteiger partial charge in [0.1, 0.15) is 6.10 Å². The lowest BCUT2D eigenvalue weighted by atomic mass is 10.2. The summed E-state index contributed by atoms with van der Waals surface area (Å²) < 4.78 is 45.4. The molecule has 1 amide bonds. The second-order valence-electron chi connectivity index (χ2n) is 5.14. The molecule has 0 aromatic carbocycles. The topological polar surface area (TPSA) is 63.2 Å². The molecule has 1 saturated heterocycles. The van der Waals surface area contributed by atoms with E-state index in [0.29, 0.717) is 13.0 Å². The standard InChI is InChI=1S/C14H14F3N3O2S.ClH/c1-18-13(21)8-6-23-12-9(14(15,16)17)4-10(20-11(8)12)22-7-2-3-19-5-7;/h4,6-7,19H,2-3,5H2,1H3,(H,18,21);1H. The molecule has 24 heavy (non-hydrogen) atoms. The molecule has 1 unspecified atom stereocenters. The lowest BCUT2D eigenvalue weighted by Gasteiger charge is -2.14. The summed E-state index contributed by atoms with van der Waals surface area (Å²) in [5, 5.41) is 6.86. The molecule has 1 aliphatic heterocycles. The van der Waals surface area contributed by atoms with E-state index >= 15 is 0 Å². The Morgan fingerprint density at radius 1 is 1.50 bits per heavy atom. The number of nitrogens with zero attached hydrogens (tertiary/aromatic N) is 1. The summed E-state index contributed by atoms with van der Waals surface area (Å²) in [6.45, 7) is 1.31. The highest BCUT2D eigenvalue weighted by molar-refractivity contribution is 7.17. The fraction of sp³-hybridized carbons (Fsp3) is 0.429. The van der Waals surface area contributed by atoms with Crippen LogP contribution in [0.5, 0.6) is 5.88 Å². The number of carbonyl (C=O) groups is 1. The highest BCUT2D eigenvalue weighted by Crippen LogP contribution is 2.40. The fourth-order valence-electron chi connectivity index (χ4n) is 2.45. The Kier molecular flexibility index (Phi) is 5.56. The zero-order valence-corrected chi connectivity index (χ0v) is 14.2. The Hall–Kier alpha value is -1.58. The normalized spacial score (nSPS) is 17.6. The molecule has 1 atom stereocenters. The zero-order valence-electron chi connectivity index (χ0n) is 12.6. The third-order valence-electron chi connectivity index (χ3n) is 3.58. The quantitative estimate of drug-likeness (QED) is 0.858. The molecule has 3 rings (SSSR count). The molecule has 1 fully saturated rings. The number of pyridine rings is 1. The van der Waals surface area contributed by atoms with Gasteiger partial charge in [-0.2, -0.15) is 13.2 Å². The number of thiophene rings is 1. The molecule has 5 nitrogen and oxygen atoms in total. The van der Waals surface area contributed by atoms with Crippen LogP contribution in [0, 0.1) is 0 Å². The fourth-order valence-corrected chi connectivity index (χ4v) is 3.47. The Morgan fingerprint density at radius 2 is 2.25 bits per heavy atom. The Bertz CT molecular complexity index is 745. The summed E-state index contributed by atoms with van der Waals surface area (Å²) in [5.74, 6) is -0.585. The van der Waals surface area contributed by atoms with E-state index in [1.54, 1.807) is 0 Å². The molecule has 0 bridgehead atoms. The molecule has 132 valence electrons. The Balaban J connectivity index is 0.00000208. The first-order valence-corrected chi connectivity index (χ1v) is 7.87. The molecule has 2 N–H and O–H groups in total.